The summed E-state index contributed by atoms with van der Waals surface area (Å²) in [5.41, 5.74) is 1.68. The summed E-state index contributed by atoms with van der Waals surface area (Å²) in [5.74, 6) is 4.85. The quantitative estimate of drug-likeness (QED) is 0.608. The van der Waals surface area contributed by atoms with Crippen LogP contribution < -0.4 is 10.6 Å². The Morgan fingerprint density at radius 2 is 1.78 bits per heavy atom. The fourth-order valence-electron chi connectivity index (χ4n) is 1.86. The van der Waals surface area contributed by atoms with E-state index >= 15 is 0 Å². The molecule has 0 bridgehead atoms. The molecule has 0 aliphatic heterocycles. The number of amides is 2. The molecule has 0 aliphatic rings. The van der Waals surface area contributed by atoms with E-state index in [4.69, 9.17) is 0 Å². The monoisotopic (exact) mass is 316 g/mol. The number of rotatable bonds is 5. The lowest BCUT2D eigenvalue weighted by Gasteiger charge is -2.15. The summed E-state index contributed by atoms with van der Waals surface area (Å²) in [6.07, 6.45) is 0.339. The highest BCUT2D eigenvalue weighted by Gasteiger charge is 2.20. The summed E-state index contributed by atoms with van der Waals surface area (Å²) in [4.78, 5) is 33.5. The molecule has 2 amide bonds. The maximum Gasteiger partial charge on any atom is 0.328 e. The van der Waals surface area contributed by atoms with Crippen molar-refractivity contribution >= 4 is 17.8 Å². The Morgan fingerprint density at radius 1 is 1.13 bits per heavy atom. The first kappa shape index (κ1) is 18.2. The molecule has 23 heavy (non-hydrogen) atoms. The van der Waals surface area contributed by atoms with Gasteiger partial charge in [-0.1, -0.05) is 24.0 Å². The van der Waals surface area contributed by atoms with E-state index in [1.807, 2.05) is 24.3 Å². The lowest BCUT2D eigenvalue weighted by atomic mass is 10.0. The van der Waals surface area contributed by atoms with Crippen molar-refractivity contribution in [2.24, 2.45) is 0 Å². The van der Waals surface area contributed by atoms with E-state index in [0.29, 0.717) is 13.0 Å². The number of ether oxygens (including phenoxy) is 1. The van der Waals surface area contributed by atoms with Crippen LogP contribution in [0.3, 0.4) is 0 Å². The normalized spacial score (nSPS) is 10.7. The molecule has 0 fully saturated rings. The lowest BCUT2D eigenvalue weighted by Crippen LogP contribution is -2.41. The molecule has 0 aliphatic carbocycles. The summed E-state index contributed by atoms with van der Waals surface area (Å²) in [5, 5.41) is 5.15. The van der Waals surface area contributed by atoms with Crippen LogP contribution in [-0.4, -0.2) is 37.5 Å². The van der Waals surface area contributed by atoms with Gasteiger partial charge in [0.15, 0.2) is 0 Å². The number of hydrogen-bond acceptors (Lipinski definition) is 4. The fourth-order valence-corrected chi connectivity index (χ4v) is 1.86. The Morgan fingerprint density at radius 3 is 2.30 bits per heavy atom. The van der Waals surface area contributed by atoms with Crippen molar-refractivity contribution in [3.63, 3.8) is 0 Å². The number of methoxy groups -OCH3 is 1. The van der Waals surface area contributed by atoms with Crippen molar-refractivity contribution in [2.75, 3.05) is 13.7 Å². The first-order chi connectivity index (χ1) is 10.9. The van der Waals surface area contributed by atoms with Crippen molar-refractivity contribution in [1.29, 1.82) is 0 Å². The van der Waals surface area contributed by atoms with Crippen molar-refractivity contribution in [3.05, 3.63) is 35.4 Å². The Balaban J connectivity index is 2.69. The summed E-state index contributed by atoms with van der Waals surface area (Å²) < 4.78 is 4.68. The van der Waals surface area contributed by atoms with Gasteiger partial charge in [0, 0.05) is 25.8 Å². The van der Waals surface area contributed by atoms with Crippen LogP contribution in [0, 0.1) is 11.8 Å². The molecule has 0 saturated heterocycles. The van der Waals surface area contributed by atoms with Gasteiger partial charge in [-0.05, 0) is 17.7 Å². The molecule has 1 aromatic rings. The van der Waals surface area contributed by atoms with Crippen LogP contribution in [-0.2, 0) is 25.5 Å². The van der Waals surface area contributed by atoms with E-state index < -0.39 is 12.0 Å². The van der Waals surface area contributed by atoms with Gasteiger partial charge in [0.1, 0.15) is 6.04 Å². The molecule has 1 aromatic carbocycles. The lowest BCUT2D eigenvalue weighted by molar-refractivity contribution is -0.144. The predicted octanol–water partition coefficient (Wildman–Crippen LogP) is 0.394. The summed E-state index contributed by atoms with van der Waals surface area (Å²) in [7, 11) is 1.28. The third-order valence-corrected chi connectivity index (χ3v) is 2.92. The Bertz CT molecular complexity index is 626. The van der Waals surface area contributed by atoms with Gasteiger partial charge in [0.25, 0.3) is 0 Å². The molecule has 6 heteroatoms. The van der Waals surface area contributed by atoms with Gasteiger partial charge in [0.2, 0.25) is 11.8 Å². The van der Waals surface area contributed by atoms with E-state index in [1.165, 1.54) is 21.0 Å². The Kier molecular flexibility index (Phi) is 7.34. The van der Waals surface area contributed by atoms with E-state index in [9.17, 15) is 14.4 Å². The Hall–Kier alpha value is -2.81. The minimum atomic E-state index is -0.714. The highest BCUT2D eigenvalue weighted by Crippen LogP contribution is 2.07. The largest absolute Gasteiger partial charge is 0.467 e. The number of esters is 1. The topological polar surface area (TPSA) is 84.5 Å². The Labute approximate surface area is 135 Å². The van der Waals surface area contributed by atoms with Crippen LogP contribution in [0.15, 0.2) is 24.3 Å². The molecule has 1 rings (SSSR count). The number of carbonyl (C=O) groups is 3. The van der Waals surface area contributed by atoms with Crippen LogP contribution in [0.25, 0.3) is 0 Å². The predicted molar refractivity (Wildman–Crippen MR) is 85.3 cm³/mol. The van der Waals surface area contributed by atoms with E-state index in [-0.39, 0.29) is 11.8 Å². The van der Waals surface area contributed by atoms with Crippen molar-refractivity contribution < 1.29 is 19.1 Å². The van der Waals surface area contributed by atoms with Crippen LogP contribution in [0.2, 0.25) is 0 Å². The first-order valence-electron chi connectivity index (χ1n) is 7.09. The number of hydrogen-bond donors (Lipinski definition) is 2. The van der Waals surface area contributed by atoms with Gasteiger partial charge in [-0.2, -0.15) is 0 Å². The summed E-state index contributed by atoms with van der Waals surface area (Å²) >= 11 is 0. The van der Waals surface area contributed by atoms with Crippen molar-refractivity contribution in [3.8, 4) is 11.8 Å². The minimum Gasteiger partial charge on any atom is -0.467 e. The molecule has 1 atom stereocenters. The van der Waals surface area contributed by atoms with Gasteiger partial charge < -0.3 is 15.4 Å². The standard InChI is InChI=1S/C17H20N2O4/c1-12(20)18-10-4-5-14-6-8-15(9-7-14)11-16(17(22)23-3)19-13(2)21/h6-9,16H,10-11H2,1-3H3,(H,18,20)(H,19,21)/t16-/m0/s1. The first-order valence-corrected chi connectivity index (χ1v) is 7.09. The van der Waals surface area contributed by atoms with Crippen molar-refractivity contribution in [1.82, 2.24) is 10.6 Å². The summed E-state index contributed by atoms with van der Waals surface area (Å²) in [6, 6.07) is 6.59. The summed E-state index contributed by atoms with van der Waals surface area (Å²) in [6.45, 7) is 3.08. The number of carbonyl (C=O) groups excluding carboxylic acids is 3. The van der Waals surface area contributed by atoms with E-state index in [1.54, 1.807) is 0 Å². The molecular weight excluding hydrogens is 296 g/mol. The fraction of sp³-hybridized carbons (Fsp3) is 0.353. The van der Waals surface area contributed by atoms with Crippen molar-refractivity contribution in [2.45, 2.75) is 26.3 Å². The molecule has 122 valence electrons. The van der Waals surface area contributed by atoms with Gasteiger partial charge in [-0.3, -0.25) is 9.59 Å². The van der Waals surface area contributed by atoms with Gasteiger partial charge in [-0.25, -0.2) is 4.79 Å². The molecule has 0 spiro atoms. The average molecular weight is 316 g/mol. The smallest absolute Gasteiger partial charge is 0.328 e. The maximum absolute atomic E-state index is 11.7. The van der Waals surface area contributed by atoms with E-state index in [2.05, 4.69) is 27.2 Å². The number of benzene rings is 1. The zero-order chi connectivity index (χ0) is 17.2. The SMILES string of the molecule is COC(=O)[C@H](Cc1ccc(C#CCNC(C)=O)cc1)NC(C)=O. The van der Waals surface area contributed by atoms with Crippen LogP contribution in [0.1, 0.15) is 25.0 Å². The van der Waals surface area contributed by atoms with E-state index in [0.717, 1.165) is 11.1 Å². The number of nitrogens with one attached hydrogen (secondary N) is 2. The molecule has 2 N–H and O–H groups in total. The maximum atomic E-state index is 11.7. The zero-order valence-corrected chi connectivity index (χ0v) is 13.4. The third-order valence-electron chi connectivity index (χ3n) is 2.92. The van der Waals surface area contributed by atoms with Gasteiger partial charge in [-0.15, -0.1) is 0 Å². The second-order valence-corrected chi connectivity index (χ2v) is 4.89. The molecule has 0 aromatic heterocycles. The van der Waals surface area contributed by atoms with Crippen LogP contribution in [0.5, 0.6) is 0 Å². The third kappa shape index (κ3) is 7.14. The van der Waals surface area contributed by atoms with Crippen LogP contribution in [0.4, 0.5) is 0 Å². The highest BCUT2D eigenvalue weighted by molar-refractivity contribution is 5.83. The second kappa shape index (κ2) is 9.26. The molecule has 0 saturated carbocycles. The average Bonchev–Trinajstić information content (AvgIpc) is 2.51. The molecule has 6 nitrogen and oxygen atoms in total. The second-order valence-electron chi connectivity index (χ2n) is 4.89. The van der Waals surface area contributed by atoms with Gasteiger partial charge in [0.05, 0.1) is 13.7 Å². The minimum absolute atomic E-state index is 0.124. The molecule has 0 heterocycles. The zero-order valence-electron chi connectivity index (χ0n) is 13.4. The molecule has 0 radical (unpaired) electrons. The molecular formula is C17H20N2O4. The van der Waals surface area contributed by atoms with Crippen LogP contribution >= 0.6 is 0 Å². The highest BCUT2D eigenvalue weighted by atomic mass is 16.5. The molecule has 0 unspecified atom stereocenters. The van der Waals surface area contributed by atoms with Gasteiger partial charge >= 0.3 is 5.97 Å².